The molecule has 2 aliphatic rings. The summed E-state index contributed by atoms with van der Waals surface area (Å²) in [6, 6.07) is 8.67. The van der Waals surface area contributed by atoms with Crippen molar-refractivity contribution in [3.63, 3.8) is 0 Å². The monoisotopic (exact) mass is 412 g/mol. The van der Waals surface area contributed by atoms with Crippen LogP contribution in [0.5, 0.6) is 5.75 Å². The molecule has 0 saturated heterocycles. The molecule has 2 atom stereocenters. The lowest BCUT2D eigenvalue weighted by Crippen LogP contribution is -2.31. The van der Waals surface area contributed by atoms with Crippen molar-refractivity contribution in [1.82, 2.24) is 0 Å². The molecule has 1 aromatic carbocycles. The Morgan fingerprint density at radius 2 is 1.70 bits per heavy atom. The maximum absolute atomic E-state index is 12.7. The van der Waals surface area contributed by atoms with Gasteiger partial charge in [-0.3, -0.25) is 9.59 Å². The van der Waals surface area contributed by atoms with E-state index in [-0.39, 0.29) is 17.5 Å². The topological polar surface area (TPSA) is 43.4 Å². The number of rotatable bonds is 10. The van der Waals surface area contributed by atoms with Gasteiger partial charge in [-0.2, -0.15) is 0 Å². The SMILES string of the molecule is CCCCCCOc1ccc(C2CCC(CC(=O)C3CCC(C)CC3=O)CC2)cc1. The van der Waals surface area contributed by atoms with E-state index in [2.05, 4.69) is 38.1 Å². The Bertz CT molecular complexity index is 670. The third-order valence-electron chi connectivity index (χ3n) is 7.23. The summed E-state index contributed by atoms with van der Waals surface area (Å²) in [5.74, 6) is 2.60. The Hall–Kier alpha value is -1.64. The average Bonchev–Trinajstić information content (AvgIpc) is 2.74. The van der Waals surface area contributed by atoms with Crippen LogP contribution in [0.15, 0.2) is 24.3 Å². The van der Waals surface area contributed by atoms with Crippen LogP contribution in [-0.2, 0) is 9.59 Å². The lowest BCUT2D eigenvalue weighted by molar-refractivity contribution is -0.135. The zero-order valence-electron chi connectivity index (χ0n) is 19.0. The van der Waals surface area contributed by atoms with Gasteiger partial charge in [0.15, 0.2) is 0 Å². The maximum Gasteiger partial charge on any atom is 0.143 e. The largest absolute Gasteiger partial charge is 0.494 e. The number of carbonyl (C=O) groups excluding carboxylic acids is 2. The number of ketones is 2. The molecule has 0 N–H and O–H groups in total. The van der Waals surface area contributed by atoms with E-state index < -0.39 is 0 Å². The number of benzene rings is 1. The first kappa shape index (κ1) is 23.0. The summed E-state index contributed by atoms with van der Waals surface area (Å²) in [5.41, 5.74) is 1.40. The molecule has 2 aliphatic carbocycles. The molecule has 0 bridgehead atoms. The van der Waals surface area contributed by atoms with Crippen molar-refractivity contribution in [3.8, 4) is 5.75 Å². The highest BCUT2D eigenvalue weighted by Gasteiger charge is 2.33. The molecule has 30 heavy (non-hydrogen) atoms. The van der Waals surface area contributed by atoms with Crippen LogP contribution >= 0.6 is 0 Å². The molecule has 2 saturated carbocycles. The molecule has 2 unspecified atom stereocenters. The minimum atomic E-state index is -0.298. The summed E-state index contributed by atoms with van der Waals surface area (Å²) in [6.45, 7) is 5.15. The normalized spacial score (nSPS) is 27.1. The molecule has 2 fully saturated rings. The van der Waals surface area contributed by atoms with Crippen LogP contribution in [0.4, 0.5) is 0 Å². The Labute approximate surface area is 183 Å². The molecular formula is C27H40O3. The summed E-state index contributed by atoms with van der Waals surface area (Å²) in [4.78, 5) is 24.9. The first-order valence-electron chi connectivity index (χ1n) is 12.3. The number of Topliss-reactive ketones (excluding diaryl/α,β-unsaturated/α-hetero) is 2. The zero-order valence-corrected chi connectivity index (χ0v) is 19.0. The molecule has 1 aromatic rings. The minimum absolute atomic E-state index is 0.195. The third-order valence-corrected chi connectivity index (χ3v) is 7.23. The molecular weight excluding hydrogens is 372 g/mol. The standard InChI is InChI=1S/C27H40O3/c1-3-4-5-6-17-30-24-14-12-23(13-15-24)22-10-8-21(9-11-22)19-27(29)25-16-7-20(2)18-26(25)28/h12-15,20-22,25H,3-11,16-19H2,1-2H3. The first-order valence-corrected chi connectivity index (χ1v) is 12.3. The molecule has 0 aromatic heterocycles. The second-order valence-electron chi connectivity index (χ2n) is 9.77. The molecule has 0 amide bonds. The number of hydrogen-bond acceptors (Lipinski definition) is 3. The highest BCUT2D eigenvalue weighted by Crippen LogP contribution is 2.38. The van der Waals surface area contributed by atoms with E-state index in [1.165, 1.54) is 24.8 Å². The Balaban J connectivity index is 1.39. The van der Waals surface area contributed by atoms with Crippen molar-refractivity contribution < 1.29 is 14.3 Å². The summed E-state index contributed by atoms with van der Waals surface area (Å²) in [7, 11) is 0. The van der Waals surface area contributed by atoms with Crippen molar-refractivity contribution >= 4 is 11.6 Å². The van der Waals surface area contributed by atoms with E-state index in [0.29, 0.717) is 30.6 Å². The number of unbranched alkanes of at least 4 members (excludes halogenated alkanes) is 3. The van der Waals surface area contributed by atoms with Crippen LogP contribution in [-0.4, -0.2) is 18.2 Å². The van der Waals surface area contributed by atoms with Gasteiger partial charge in [-0.1, -0.05) is 45.2 Å². The molecule has 3 heteroatoms. The number of hydrogen-bond donors (Lipinski definition) is 0. The Morgan fingerprint density at radius 1 is 0.967 bits per heavy atom. The van der Waals surface area contributed by atoms with E-state index >= 15 is 0 Å². The molecule has 3 nitrogen and oxygen atoms in total. The van der Waals surface area contributed by atoms with Gasteiger partial charge in [-0.25, -0.2) is 0 Å². The fourth-order valence-electron chi connectivity index (χ4n) is 5.22. The van der Waals surface area contributed by atoms with Crippen LogP contribution in [0.2, 0.25) is 0 Å². The van der Waals surface area contributed by atoms with Crippen molar-refractivity contribution in [3.05, 3.63) is 29.8 Å². The summed E-state index contributed by atoms with van der Waals surface area (Å²) < 4.78 is 5.86. The molecule has 0 heterocycles. The van der Waals surface area contributed by atoms with Gasteiger partial charge in [-0.15, -0.1) is 0 Å². The predicted octanol–water partition coefficient (Wildman–Crippen LogP) is 6.88. The average molecular weight is 413 g/mol. The van der Waals surface area contributed by atoms with Crippen LogP contribution in [0, 0.1) is 17.8 Å². The second-order valence-corrected chi connectivity index (χ2v) is 9.77. The molecule has 0 spiro atoms. The van der Waals surface area contributed by atoms with Gasteiger partial charge < -0.3 is 4.74 Å². The van der Waals surface area contributed by atoms with E-state index in [0.717, 1.165) is 57.3 Å². The van der Waals surface area contributed by atoms with Gasteiger partial charge in [0, 0.05) is 12.8 Å². The van der Waals surface area contributed by atoms with Crippen molar-refractivity contribution in [1.29, 1.82) is 0 Å². The van der Waals surface area contributed by atoms with Gasteiger partial charge in [0.2, 0.25) is 0 Å². The zero-order chi connectivity index (χ0) is 21.3. The third kappa shape index (κ3) is 6.68. The van der Waals surface area contributed by atoms with Gasteiger partial charge >= 0.3 is 0 Å². The predicted molar refractivity (Wildman–Crippen MR) is 122 cm³/mol. The van der Waals surface area contributed by atoms with E-state index in [9.17, 15) is 9.59 Å². The lowest BCUT2D eigenvalue weighted by Gasteiger charge is -2.30. The summed E-state index contributed by atoms with van der Waals surface area (Å²) >= 11 is 0. The van der Waals surface area contributed by atoms with Crippen molar-refractivity contribution in [2.75, 3.05) is 6.61 Å². The Kier molecular flexibility index (Phi) is 8.96. The molecule has 166 valence electrons. The van der Waals surface area contributed by atoms with Crippen LogP contribution in [0.1, 0.15) is 102 Å². The number of carbonyl (C=O) groups is 2. The van der Waals surface area contributed by atoms with Gasteiger partial charge in [0.1, 0.15) is 17.3 Å². The quantitative estimate of drug-likeness (QED) is 0.310. The van der Waals surface area contributed by atoms with Gasteiger partial charge in [-0.05, 0) is 80.4 Å². The van der Waals surface area contributed by atoms with Crippen molar-refractivity contribution in [2.24, 2.45) is 17.8 Å². The van der Waals surface area contributed by atoms with Crippen LogP contribution in [0.25, 0.3) is 0 Å². The highest BCUT2D eigenvalue weighted by atomic mass is 16.5. The first-order chi connectivity index (χ1) is 14.6. The smallest absolute Gasteiger partial charge is 0.143 e. The molecule has 0 aliphatic heterocycles. The summed E-state index contributed by atoms with van der Waals surface area (Å²) in [6.07, 6.45) is 12.4. The van der Waals surface area contributed by atoms with E-state index in [1.807, 2.05) is 0 Å². The van der Waals surface area contributed by atoms with Crippen molar-refractivity contribution in [2.45, 2.75) is 96.8 Å². The second kappa shape index (κ2) is 11.7. The fraction of sp³-hybridized carbons (Fsp3) is 0.704. The van der Waals surface area contributed by atoms with E-state index in [1.54, 1.807) is 0 Å². The van der Waals surface area contributed by atoms with Crippen LogP contribution in [0.3, 0.4) is 0 Å². The van der Waals surface area contributed by atoms with E-state index in [4.69, 9.17) is 4.74 Å². The maximum atomic E-state index is 12.7. The Morgan fingerprint density at radius 3 is 2.37 bits per heavy atom. The van der Waals surface area contributed by atoms with Crippen LogP contribution < -0.4 is 4.74 Å². The minimum Gasteiger partial charge on any atom is -0.494 e. The lowest BCUT2D eigenvalue weighted by atomic mass is 9.73. The van der Waals surface area contributed by atoms with Gasteiger partial charge in [0.05, 0.1) is 12.5 Å². The van der Waals surface area contributed by atoms with Gasteiger partial charge in [0.25, 0.3) is 0 Å². The highest BCUT2D eigenvalue weighted by molar-refractivity contribution is 6.02. The number of ether oxygens (including phenoxy) is 1. The molecule has 0 radical (unpaired) electrons. The summed E-state index contributed by atoms with van der Waals surface area (Å²) in [5, 5.41) is 0. The molecule has 3 rings (SSSR count). The fourth-order valence-corrected chi connectivity index (χ4v) is 5.22.